The molecule has 0 saturated heterocycles. The molecule has 0 heterocycles. The van der Waals surface area contributed by atoms with E-state index >= 15 is 0 Å². The van der Waals surface area contributed by atoms with E-state index in [1.807, 2.05) is 6.92 Å². The minimum atomic E-state index is -0.837. The van der Waals surface area contributed by atoms with Gasteiger partial charge in [0.15, 0.2) is 0 Å². The van der Waals surface area contributed by atoms with Crippen molar-refractivity contribution in [1.29, 1.82) is 0 Å². The Bertz CT molecular complexity index is 276. The summed E-state index contributed by atoms with van der Waals surface area (Å²) in [6.45, 7) is 3.62. The number of carboxylic acids is 1. The minimum absolute atomic E-state index is 0.0950. The number of aliphatic carboxylic acids is 1. The summed E-state index contributed by atoms with van der Waals surface area (Å²) < 4.78 is 0. The average Bonchev–Trinajstić information content (AvgIpc) is 2.27. The number of carbonyl (C=O) groups excluding carboxylic acids is 2. The van der Waals surface area contributed by atoms with Crippen LogP contribution < -0.4 is 5.32 Å². The summed E-state index contributed by atoms with van der Waals surface area (Å²) in [6, 6.07) is -0.0950. The van der Waals surface area contributed by atoms with Crippen molar-refractivity contribution in [2.24, 2.45) is 0 Å². The van der Waals surface area contributed by atoms with Crippen LogP contribution in [0.2, 0.25) is 0 Å². The molecule has 1 atom stereocenters. The van der Waals surface area contributed by atoms with Gasteiger partial charge in [-0.3, -0.25) is 14.4 Å². The van der Waals surface area contributed by atoms with Crippen molar-refractivity contribution < 1.29 is 19.5 Å². The first-order valence-electron chi connectivity index (χ1n) is 6.06. The van der Waals surface area contributed by atoms with Crippen LogP contribution in [0.4, 0.5) is 0 Å². The van der Waals surface area contributed by atoms with Crippen LogP contribution in [0.5, 0.6) is 0 Å². The van der Waals surface area contributed by atoms with E-state index < -0.39 is 17.7 Å². The Balaban J connectivity index is 4.09. The van der Waals surface area contributed by atoms with E-state index in [1.54, 1.807) is 6.92 Å². The van der Waals surface area contributed by atoms with Gasteiger partial charge in [0, 0.05) is 18.9 Å². The van der Waals surface area contributed by atoms with Gasteiger partial charge in [0.25, 0.3) is 5.91 Å². The molecule has 0 radical (unpaired) electrons. The van der Waals surface area contributed by atoms with Crippen molar-refractivity contribution in [3.63, 3.8) is 0 Å². The van der Waals surface area contributed by atoms with Gasteiger partial charge in [-0.15, -0.1) is 0 Å². The number of Topliss-reactive ketones (excluding diaryl/α,β-unsaturated/α-hetero) is 1. The Morgan fingerprint density at radius 3 is 2.29 bits per heavy atom. The molecule has 0 fully saturated rings. The van der Waals surface area contributed by atoms with Crippen LogP contribution in [0.15, 0.2) is 0 Å². The highest BCUT2D eigenvalue weighted by Gasteiger charge is 2.16. The van der Waals surface area contributed by atoms with E-state index in [4.69, 9.17) is 5.11 Å². The van der Waals surface area contributed by atoms with Crippen molar-refractivity contribution in [3.05, 3.63) is 0 Å². The average molecular weight is 243 g/mol. The normalized spacial score (nSPS) is 11.9. The van der Waals surface area contributed by atoms with Gasteiger partial charge in [0.05, 0.1) is 0 Å². The number of carbonyl (C=O) groups is 3. The smallest absolute Gasteiger partial charge is 0.303 e. The Labute approximate surface area is 102 Å². The zero-order valence-corrected chi connectivity index (χ0v) is 10.5. The van der Waals surface area contributed by atoms with Crippen LogP contribution in [-0.4, -0.2) is 28.8 Å². The zero-order chi connectivity index (χ0) is 13.3. The van der Waals surface area contributed by atoms with Crippen LogP contribution in [0, 0.1) is 0 Å². The molecule has 17 heavy (non-hydrogen) atoms. The first kappa shape index (κ1) is 15.6. The van der Waals surface area contributed by atoms with E-state index in [9.17, 15) is 14.4 Å². The summed E-state index contributed by atoms with van der Waals surface area (Å²) in [4.78, 5) is 32.9. The Hall–Kier alpha value is -1.39. The van der Waals surface area contributed by atoms with Gasteiger partial charge >= 0.3 is 5.97 Å². The predicted octanol–water partition coefficient (Wildman–Crippen LogP) is 1.51. The topological polar surface area (TPSA) is 83.5 Å². The Kier molecular flexibility index (Phi) is 8.01. The number of amides is 1. The maximum atomic E-state index is 11.4. The highest BCUT2D eigenvalue weighted by molar-refractivity contribution is 6.36. The predicted molar refractivity (Wildman–Crippen MR) is 63.6 cm³/mol. The number of carboxylic acid groups (broad SMARTS) is 1. The lowest BCUT2D eigenvalue weighted by Gasteiger charge is -2.16. The molecular weight excluding hydrogens is 222 g/mol. The molecule has 2 N–H and O–H groups in total. The molecular formula is C12H21NO4. The van der Waals surface area contributed by atoms with E-state index in [0.717, 1.165) is 12.8 Å². The second-order valence-electron chi connectivity index (χ2n) is 4.02. The van der Waals surface area contributed by atoms with Gasteiger partial charge in [-0.1, -0.05) is 20.3 Å². The molecule has 0 bridgehead atoms. The van der Waals surface area contributed by atoms with Crippen LogP contribution in [-0.2, 0) is 14.4 Å². The number of hydrogen-bond donors (Lipinski definition) is 2. The van der Waals surface area contributed by atoms with E-state index in [1.165, 1.54) is 0 Å². The summed E-state index contributed by atoms with van der Waals surface area (Å²) in [7, 11) is 0. The van der Waals surface area contributed by atoms with Crippen LogP contribution in [0.1, 0.15) is 52.4 Å². The molecule has 0 spiro atoms. The SMILES string of the molecule is CCC[C@@H](CCCC(=O)O)NC(=O)C(=O)CC. The minimum Gasteiger partial charge on any atom is -0.481 e. The second-order valence-corrected chi connectivity index (χ2v) is 4.02. The van der Waals surface area contributed by atoms with Gasteiger partial charge in [0.1, 0.15) is 0 Å². The van der Waals surface area contributed by atoms with Crippen molar-refractivity contribution in [3.8, 4) is 0 Å². The first-order valence-corrected chi connectivity index (χ1v) is 6.06. The third kappa shape index (κ3) is 7.49. The van der Waals surface area contributed by atoms with E-state index in [-0.39, 0.29) is 18.9 Å². The number of rotatable bonds is 9. The molecule has 0 aromatic rings. The molecule has 0 aliphatic heterocycles. The van der Waals surface area contributed by atoms with E-state index in [0.29, 0.717) is 12.8 Å². The molecule has 0 rings (SSSR count). The second kappa shape index (κ2) is 8.73. The lowest BCUT2D eigenvalue weighted by molar-refractivity contribution is -0.138. The zero-order valence-electron chi connectivity index (χ0n) is 10.5. The van der Waals surface area contributed by atoms with Crippen molar-refractivity contribution in [2.75, 3.05) is 0 Å². The van der Waals surface area contributed by atoms with E-state index in [2.05, 4.69) is 5.32 Å². The Morgan fingerprint density at radius 1 is 1.18 bits per heavy atom. The molecule has 0 aromatic heterocycles. The lowest BCUT2D eigenvalue weighted by Crippen LogP contribution is -2.39. The molecule has 5 nitrogen and oxygen atoms in total. The van der Waals surface area contributed by atoms with Gasteiger partial charge in [-0.25, -0.2) is 0 Å². The molecule has 5 heteroatoms. The fourth-order valence-corrected chi connectivity index (χ4v) is 1.56. The van der Waals surface area contributed by atoms with Crippen LogP contribution in [0.3, 0.4) is 0 Å². The van der Waals surface area contributed by atoms with Crippen LogP contribution >= 0.6 is 0 Å². The maximum Gasteiger partial charge on any atom is 0.303 e. The molecule has 98 valence electrons. The quantitative estimate of drug-likeness (QED) is 0.601. The van der Waals surface area contributed by atoms with Gasteiger partial charge in [0.2, 0.25) is 5.78 Å². The maximum absolute atomic E-state index is 11.4. The van der Waals surface area contributed by atoms with Gasteiger partial charge < -0.3 is 10.4 Å². The molecule has 0 aromatic carbocycles. The third-order valence-electron chi connectivity index (χ3n) is 2.49. The van der Waals surface area contributed by atoms with Crippen molar-refractivity contribution in [1.82, 2.24) is 5.32 Å². The molecule has 0 unspecified atom stereocenters. The van der Waals surface area contributed by atoms with Crippen molar-refractivity contribution >= 4 is 17.7 Å². The molecule has 0 aliphatic carbocycles. The summed E-state index contributed by atoms with van der Waals surface area (Å²) in [6.07, 6.45) is 3.06. The fraction of sp³-hybridized carbons (Fsp3) is 0.750. The molecule has 0 saturated carbocycles. The summed E-state index contributed by atoms with van der Waals surface area (Å²) in [5.41, 5.74) is 0. The standard InChI is InChI=1S/C12H21NO4/c1-3-6-9(7-5-8-11(15)16)13-12(17)10(14)4-2/h9H,3-8H2,1-2H3,(H,13,17)(H,15,16)/t9-/m0/s1. The first-order chi connectivity index (χ1) is 8.01. The summed E-state index contributed by atoms with van der Waals surface area (Å²) in [5, 5.41) is 11.2. The summed E-state index contributed by atoms with van der Waals surface area (Å²) in [5.74, 6) is -1.82. The lowest BCUT2D eigenvalue weighted by atomic mass is 10.0. The number of ketones is 1. The highest BCUT2D eigenvalue weighted by atomic mass is 16.4. The number of hydrogen-bond acceptors (Lipinski definition) is 3. The molecule has 0 aliphatic rings. The van der Waals surface area contributed by atoms with Crippen molar-refractivity contribution in [2.45, 2.75) is 58.4 Å². The fourth-order valence-electron chi connectivity index (χ4n) is 1.56. The largest absolute Gasteiger partial charge is 0.481 e. The molecule has 1 amide bonds. The van der Waals surface area contributed by atoms with Crippen LogP contribution in [0.25, 0.3) is 0 Å². The number of nitrogens with one attached hydrogen (secondary N) is 1. The monoisotopic (exact) mass is 243 g/mol. The highest BCUT2D eigenvalue weighted by Crippen LogP contribution is 2.07. The van der Waals surface area contributed by atoms with Gasteiger partial charge in [-0.2, -0.15) is 0 Å². The Morgan fingerprint density at radius 2 is 1.82 bits per heavy atom. The third-order valence-corrected chi connectivity index (χ3v) is 2.49. The summed E-state index contributed by atoms with van der Waals surface area (Å²) >= 11 is 0. The van der Waals surface area contributed by atoms with Gasteiger partial charge in [-0.05, 0) is 19.3 Å².